The fourth-order valence-corrected chi connectivity index (χ4v) is 4.08. The largest absolute Gasteiger partial charge is 0.497 e. The van der Waals surface area contributed by atoms with E-state index in [2.05, 4.69) is 5.18 Å². The van der Waals surface area contributed by atoms with Crippen molar-refractivity contribution in [2.45, 2.75) is 52.1 Å². The van der Waals surface area contributed by atoms with Crippen molar-refractivity contribution >= 4 is 11.8 Å². The van der Waals surface area contributed by atoms with Gasteiger partial charge in [-0.25, -0.2) is 0 Å². The topological polar surface area (TPSA) is 85.3 Å². The van der Waals surface area contributed by atoms with E-state index in [-0.39, 0.29) is 11.8 Å². The van der Waals surface area contributed by atoms with E-state index in [1.807, 2.05) is 55.1 Å². The maximum atomic E-state index is 12.8. The monoisotopic (exact) mass is 438 g/mol. The highest BCUT2D eigenvalue weighted by atomic mass is 16.5. The van der Waals surface area contributed by atoms with Gasteiger partial charge in [0, 0.05) is 24.2 Å². The molecule has 0 aromatic heterocycles. The van der Waals surface area contributed by atoms with Crippen LogP contribution in [0.15, 0.2) is 41.6 Å². The van der Waals surface area contributed by atoms with E-state index < -0.39 is 11.5 Å². The van der Waals surface area contributed by atoms with Gasteiger partial charge in [-0.2, -0.15) is 0 Å². The molecule has 2 aromatic rings. The Bertz CT molecular complexity index is 990. The summed E-state index contributed by atoms with van der Waals surface area (Å²) in [5.74, 6) is 0.874. The minimum atomic E-state index is -1.32. The van der Waals surface area contributed by atoms with Crippen LogP contribution in [-0.4, -0.2) is 42.5 Å². The Morgan fingerprint density at radius 3 is 2.31 bits per heavy atom. The number of methoxy groups -OCH3 is 1. The molecule has 0 spiro atoms. The van der Waals surface area contributed by atoms with Crippen molar-refractivity contribution in [3.8, 4) is 11.5 Å². The first-order valence-corrected chi connectivity index (χ1v) is 10.7. The van der Waals surface area contributed by atoms with E-state index in [1.165, 1.54) is 13.8 Å². The Morgan fingerprint density at radius 1 is 1.12 bits per heavy atom. The number of benzene rings is 2. The fraction of sp³-hybridized carbons (Fsp3) is 0.440. The number of hydrogen-bond acceptors (Lipinski definition) is 5. The summed E-state index contributed by atoms with van der Waals surface area (Å²) in [6.07, 6.45) is 1.27. The molecular weight excluding hydrogens is 408 g/mol. The van der Waals surface area contributed by atoms with E-state index in [9.17, 15) is 14.5 Å². The molecule has 170 valence electrons. The molecule has 0 aliphatic carbocycles. The SMILES string of the molecule is COc1ccc(CC(=O)N2CC[C@H](c3cc(C)c(OC(C)(C)C(=O)N=O)c(C)c3)C2)cc1. The van der Waals surface area contributed by atoms with Crippen molar-refractivity contribution in [2.24, 2.45) is 5.18 Å². The smallest absolute Gasteiger partial charge is 0.328 e. The van der Waals surface area contributed by atoms with Gasteiger partial charge in [-0.15, -0.1) is 4.91 Å². The van der Waals surface area contributed by atoms with Crippen LogP contribution in [0, 0.1) is 18.8 Å². The van der Waals surface area contributed by atoms with Gasteiger partial charge < -0.3 is 14.4 Å². The zero-order valence-electron chi connectivity index (χ0n) is 19.3. The number of nitrogens with zero attached hydrogens (tertiary/aromatic N) is 2. The second-order valence-electron chi connectivity index (χ2n) is 8.84. The van der Waals surface area contributed by atoms with E-state index in [0.717, 1.165) is 41.0 Å². The molecule has 2 amide bonds. The Balaban J connectivity index is 1.68. The van der Waals surface area contributed by atoms with Gasteiger partial charge in [0.15, 0.2) is 5.60 Å². The van der Waals surface area contributed by atoms with Crippen LogP contribution < -0.4 is 9.47 Å². The number of hydrogen-bond donors (Lipinski definition) is 0. The zero-order valence-corrected chi connectivity index (χ0v) is 19.3. The molecule has 7 heteroatoms. The van der Waals surface area contributed by atoms with Gasteiger partial charge in [0.2, 0.25) is 5.91 Å². The quantitative estimate of drug-likeness (QED) is 0.601. The minimum absolute atomic E-state index is 0.118. The third kappa shape index (κ3) is 5.15. The van der Waals surface area contributed by atoms with Gasteiger partial charge in [0.05, 0.1) is 13.5 Å². The third-order valence-electron chi connectivity index (χ3n) is 5.96. The molecule has 32 heavy (non-hydrogen) atoms. The summed E-state index contributed by atoms with van der Waals surface area (Å²) in [6.45, 7) is 8.31. The molecule has 1 aliphatic heterocycles. The molecule has 0 radical (unpaired) electrons. The molecule has 0 unspecified atom stereocenters. The van der Waals surface area contributed by atoms with E-state index in [4.69, 9.17) is 9.47 Å². The normalized spacial score (nSPS) is 16.0. The molecule has 7 nitrogen and oxygen atoms in total. The molecule has 1 atom stereocenters. The molecule has 0 N–H and O–H groups in total. The van der Waals surface area contributed by atoms with Crippen LogP contribution in [0.4, 0.5) is 0 Å². The molecular formula is C25H30N2O5. The Kier molecular flexibility index (Phi) is 6.96. The predicted molar refractivity (Wildman–Crippen MR) is 122 cm³/mol. The molecule has 1 saturated heterocycles. The summed E-state index contributed by atoms with van der Waals surface area (Å²) in [5, 5.41) is 2.50. The molecule has 0 saturated carbocycles. The van der Waals surface area contributed by atoms with Gasteiger partial charge >= 0.3 is 5.91 Å². The highest BCUT2D eigenvalue weighted by Crippen LogP contribution is 2.34. The molecule has 1 fully saturated rings. The summed E-state index contributed by atoms with van der Waals surface area (Å²) in [5.41, 5.74) is 2.56. The molecule has 3 rings (SSSR count). The standard InChI is InChI=1S/C25H30N2O5/c1-16-12-20(13-17(2)23(16)32-25(3,4)24(29)26-30)19-10-11-27(15-19)22(28)14-18-6-8-21(31-5)9-7-18/h6-9,12-13,19H,10-11,14-15H2,1-5H3/t19-/m0/s1. The molecule has 1 heterocycles. The highest BCUT2D eigenvalue weighted by molar-refractivity contribution is 5.85. The number of carbonyl (C=O) groups is 2. The number of likely N-dealkylation sites (tertiary alicyclic amines) is 1. The third-order valence-corrected chi connectivity index (χ3v) is 5.96. The summed E-state index contributed by atoms with van der Waals surface area (Å²) >= 11 is 0. The average Bonchev–Trinajstić information content (AvgIpc) is 3.26. The van der Waals surface area contributed by atoms with Crippen LogP contribution in [0.1, 0.15) is 48.4 Å². The van der Waals surface area contributed by atoms with Gasteiger partial charge in [-0.3, -0.25) is 9.59 Å². The van der Waals surface area contributed by atoms with Crippen LogP contribution in [0.2, 0.25) is 0 Å². The first-order chi connectivity index (χ1) is 15.1. The van der Waals surface area contributed by atoms with Gasteiger partial charge in [-0.05, 0) is 68.5 Å². The lowest BCUT2D eigenvalue weighted by molar-refractivity contribution is -0.130. The number of amides is 2. The number of carbonyl (C=O) groups excluding carboxylic acids is 2. The van der Waals surface area contributed by atoms with Crippen LogP contribution in [0.3, 0.4) is 0 Å². The second-order valence-corrected chi connectivity index (χ2v) is 8.84. The first-order valence-electron chi connectivity index (χ1n) is 10.7. The van der Waals surface area contributed by atoms with E-state index in [0.29, 0.717) is 18.7 Å². The van der Waals surface area contributed by atoms with Crippen LogP contribution >= 0.6 is 0 Å². The van der Waals surface area contributed by atoms with Crippen molar-refractivity contribution in [1.82, 2.24) is 4.90 Å². The summed E-state index contributed by atoms with van der Waals surface area (Å²) < 4.78 is 11.0. The summed E-state index contributed by atoms with van der Waals surface area (Å²) in [6, 6.07) is 11.7. The van der Waals surface area contributed by atoms with E-state index >= 15 is 0 Å². The van der Waals surface area contributed by atoms with Crippen molar-refractivity contribution in [2.75, 3.05) is 20.2 Å². The summed E-state index contributed by atoms with van der Waals surface area (Å²) in [4.78, 5) is 37.1. The van der Waals surface area contributed by atoms with Crippen molar-refractivity contribution in [1.29, 1.82) is 0 Å². The van der Waals surface area contributed by atoms with Crippen molar-refractivity contribution < 1.29 is 19.1 Å². The highest BCUT2D eigenvalue weighted by Gasteiger charge is 2.33. The summed E-state index contributed by atoms with van der Waals surface area (Å²) in [7, 11) is 1.62. The van der Waals surface area contributed by atoms with Crippen LogP contribution in [-0.2, 0) is 16.0 Å². The van der Waals surface area contributed by atoms with Crippen molar-refractivity contribution in [3.63, 3.8) is 0 Å². The number of aryl methyl sites for hydroxylation is 2. The van der Waals surface area contributed by atoms with Crippen LogP contribution in [0.5, 0.6) is 11.5 Å². The van der Waals surface area contributed by atoms with Crippen LogP contribution in [0.25, 0.3) is 0 Å². The fourth-order valence-electron chi connectivity index (χ4n) is 4.08. The number of rotatable bonds is 7. The maximum absolute atomic E-state index is 12.8. The number of ether oxygens (including phenoxy) is 2. The lowest BCUT2D eigenvalue weighted by Gasteiger charge is -2.25. The van der Waals surface area contributed by atoms with Gasteiger partial charge in [-0.1, -0.05) is 24.3 Å². The Morgan fingerprint density at radius 2 is 1.75 bits per heavy atom. The lowest BCUT2D eigenvalue weighted by Crippen LogP contribution is -2.37. The Labute approximate surface area is 188 Å². The molecule has 1 aliphatic rings. The van der Waals surface area contributed by atoms with E-state index in [1.54, 1.807) is 7.11 Å². The predicted octanol–water partition coefficient (Wildman–Crippen LogP) is 4.32. The van der Waals surface area contributed by atoms with Crippen molar-refractivity contribution in [3.05, 3.63) is 63.6 Å². The zero-order chi connectivity index (χ0) is 23.5. The van der Waals surface area contributed by atoms with Gasteiger partial charge in [0.1, 0.15) is 11.5 Å². The lowest BCUT2D eigenvalue weighted by atomic mass is 9.94. The first kappa shape index (κ1) is 23.4. The average molecular weight is 439 g/mol. The second kappa shape index (κ2) is 9.51. The Hall–Kier alpha value is -3.22. The molecule has 0 bridgehead atoms. The minimum Gasteiger partial charge on any atom is -0.497 e. The maximum Gasteiger partial charge on any atom is 0.328 e. The molecule has 2 aromatic carbocycles. The van der Waals surface area contributed by atoms with Gasteiger partial charge in [0.25, 0.3) is 0 Å². The number of nitroso groups, excluding NO2 is 1.